The molecule has 1 amide bonds. The average Bonchev–Trinajstić information content (AvgIpc) is 3.44. The second-order valence-corrected chi connectivity index (χ2v) is 11.4. The molecular weight excluding hydrogens is 490 g/mol. The Balaban J connectivity index is 1.32. The van der Waals surface area contributed by atoms with E-state index >= 15 is 0 Å². The number of ether oxygens (including phenoxy) is 1. The average molecular weight is 532 g/mol. The molecule has 5 rings (SSSR count). The number of para-hydroxylation sites is 1. The number of pyridine rings is 1. The van der Waals surface area contributed by atoms with Gasteiger partial charge in [0.05, 0.1) is 36.1 Å². The number of hydrogen-bond acceptors (Lipinski definition) is 6. The van der Waals surface area contributed by atoms with Crippen molar-refractivity contribution in [3.05, 3.63) is 42.4 Å². The lowest BCUT2D eigenvalue weighted by Gasteiger charge is -2.30. The minimum atomic E-state index is -0.212. The van der Waals surface area contributed by atoms with E-state index in [9.17, 15) is 9.59 Å². The van der Waals surface area contributed by atoms with Crippen LogP contribution >= 0.6 is 0 Å². The zero-order valence-corrected chi connectivity index (χ0v) is 23.5. The third kappa shape index (κ3) is 6.16. The fourth-order valence-electron chi connectivity index (χ4n) is 6.01. The number of piperidine rings is 1. The molecule has 2 aromatic heterocycles. The van der Waals surface area contributed by atoms with E-state index in [1.165, 1.54) is 0 Å². The quantitative estimate of drug-likeness (QED) is 0.301. The molecular formula is C31H41N5O3. The van der Waals surface area contributed by atoms with Gasteiger partial charge in [-0.3, -0.25) is 9.59 Å². The molecule has 39 heavy (non-hydrogen) atoms. The summed E-state index contributed by atoms with van der Waals surface area (Å²) in [6, 6.07) is 9.80. The second-order valence-electron chi connectivity index (χ2n) is 11.4. The third-order valence-electron chi connectivity index (χ3n) is 8.75. The Labute approximate surface area is 230 Å². The van der Waals surface area contributed by atoms with Crippen LogP contribution in [0.25, 0.3) is 22.2 Å². The topological polar surface area (TPSA) is 100 Å². The Hall–Kier alpha value is -3.26. The normalized spacial score (nSPS) is 19.2. The number of carbonyl (C=O) groups is 2. The molecule has 8 heteroatoms. The number of aromatic amines is 1. The van der Waals surface area contributed by atoms with E-state index in [4.69, 9.17) is 9.72 Å². The smallest absolute Gasteiger partial charge is 0.224 e. The zero-order chi connectivity index (χ0) is 27.4. The lowest BCUT2D eigenvalue weighted by molar-refractivity contribution is -0.124. The van der Waals surface area contributed by atoms with Gasteiger partial charge in [0.15, 0.2) is 0 Å². The number of benzene rings is 1. The van der Waals surface area contributed by atoms with Gasteiger partial charge in [-0.25, -0.2) is 9.97 Å². The molecule has 0 bridgehead atoms. The van der Waals surface area contributed by atoms with Gasteiger partial charge in [-0.15, -0.1) is 0 Å². The first-order chi connectivity index (χ1) is 18.9. The van der Waals surface area contributed by atoms with Gasteiger partial charge < -0.3 is 19.9 Å². The molecule has 2 fully saturated rings. The van der Waals surface area contributed by atoms with Gasteiger partial charge in [-0.05, 0) is 69.8 Å². The Kier molecular flexibility index (Phi) is 8.31. The fourth-order valence-corrected chi connectivity index (χ4v) is 6.01. The summed E-state index contributed by atoms with van der Waals surface area (Å²) in [5.41, 5.74) is 2.70. The molecule has 1 aliphatic heterocycles. The molecule has 2 aliphatic rings. The van der Waals surface area contributed by atoms with Crippen molar-refractivity contribution < 1.29 is 14.3 Å². The summed E-state index contributed by atoms with van der Waals surface area (Å²) in [6.07, 6.45) is 9.73. The summed E-state index contributed by atoms with van der Waals surface area (Å²) in [5.74, 6) is 1.83. The molecule has 8 nitrogen and oxygen atoms in total. The van der Waals surface area contributed by atoms with E-state index in [0.29, 0.717) is 24.5 Å². The summed E-state index contributed by atoms with van der Waals surface area (Å²) in [4.78, 5) is 40.4. The van der Waals surface area contributed by atoms with Crippen molar-refractivity contribution in [3.63, 3.8) is 0 Å². The van der Waals surface area contributed by atoms with Crippen LogP contribution in [0, 0.1) is 11.3 Å². The first kappa shape index (κ1) is 27.3. The predicted octanol–water partition coefficient (Wildman–Crippen LogP) is 5.45. The molecule has 1 saturated heterocycles. The molecule has 2 atom stereocenters. The van der Waals surface area contributed by atoms with Crippen LogP contribution in [-0.4, -0.2) is 58.8 Å². The molecule has 1 aromatic carbocycles. The van der Waals surface area contributed by atoms with Gasteiger partial charge in [-0.1, -0.05) is 38.0 Å². The minimum Gasteiger partial charge on any atom is -0.480 e. The number of rotatable bonds is 12. The van der Waals surface area contributed by atoms with Crippen molar-refractivity contribution in [2.75, 3.05) is 27.2 Å². The molecule has 2 N–H and O–H groups in total. The number of hydrogen-bond donors (Lipinski definition) is 2. The lowest BCUT2D eigenvalue weighted by Crippen LogP contribution is -2.36. The number of unbranched alkanes of at least 4 members (excludes halogenated alkanes) is 2. The highest BCUT2D eigenvalue weighted by Crippen LogP contribution is 2.59. The molecule has 3 aromatic rings. The first-order valence-electron chi connectivity index (χ1n) is 14.4. The van der Waals surface area contributed by atoms with Crippen LogP contribution in [0.15, 0.2) is 36.5 Å². The monoisotopic (exact) mass is 531 g/mol. The second kappa shape index (κ2) is 11.9. The molecule has 1 saturated carbocycles. The summed E-state index contributed by atoms with van der Waals surface area (Å²) in [6.45, 7) is 4.04. The van der Waals surface area contributed by atoms with Crippen molar-refractivity contribution in [1.82, 2.24) is 25.2 Å². The number of Topliss-reactive ketones (excluding diaryl/α,β-unsaturated/α-hetero) is 1. The van der Waals surface area contributed by atoms with Crippen molar-refractivity contribution >= 4 is 22.6 Å². The number of aromatic nitrogens is 3. The number of fused-ring (bicyclic) bond motifs is 1. The number of amides is 1. The number of nitrogens with one attached hydrogen (secondary N) is 2. The van der Waals surface area contributed by atoms with Gasteiger partial charge in [0.2, 0.25) is 11.8 Å². The molecule has 1 spiro atoms. The molecule has 3 heterocycles. The predicted molar refractivity (Wildman–Crippen MR) is 152 cm³/mol. The molecule has 1 unspecified atom stereocenters. The van der Waals surface area contributed by atoms with Crippen LogP contribution in [-0.2, 0) is 9.59 Å². The van der Waals surface area contributed by atoms with E-state index in [0.717, 1.165) is 86.0 Å². The van der Waals surface area contributed by atoms with Gasteiger partial charge in [0, 0.05) is 24.1 Å². The number of methoxy groups -OCH3 is 1. The summed E-state index contributed by atoms with van der Waals surface area (Å²) >= 11 is 0. The zero-order valence-electron chi connectivity index (χ0n) is 23.5. The number of ketones is 1. The molecule has 1 aliphatic carbocycles. The third-order valence-corrected chi connectivity index (χ3v) is 8.75. The van der Waals surface area contributed by atoms with E-state index < -0.39 is 0 Å². The van der Waals surface area contributed by atoms with Crippen LogP contribution < -0.4 is 10.1 Å². The van der Waals surface area contributed by atoms with E-state index in [1.807, 2.05) is 31.2 Å². The summed E-state index contributed by atoms with van der Waals surface area (Å²) in [5, 5.41) is 4.37. The largest absolute Gasteiger partial charge is 0.480 e. The van der Waals surface area contributed by atoms with E-state index in [1.54, 1.807) is 13.3 Å². The highest BCUT2D eigenvalue weighted by atomic mass is 16.5. The summed E-state index contributed by atoms with van der Waals surface area (Å²) in [7, 11) is 3.78. The standard InChI is InChI=1S/C31H41N5O3/c1-4-22(37)11-6-5-7-13-26(34-29(38)24-19-31(24)14-16-36(2)17-15-31)28-32-20-27(33-28)23-18-21-10-8-9-12-25(21)35-30(23)39-3/h8-10,12,18,20,24,26H,4-7,11,13-17,19H2,1-3H3,(H,32,33)(H,34,38)/t24?,26-/m0/s1. The van der Waals surface area contributed by atoms with Crippen molar-refractivity contribution in [2.45, 2.75) is 70.8 Å². The highest BCUT2D eigenvalue weighted by molar-refractivity contribution is 5.85. The minimum absolute atomic E-state index is 0.0927. The Morgan fingerprint density at radius 3 is 2.77 bits per heavy atom. The lowest BCUT2D eigenvalue weighted by atomic mass is 9.91. The van der Waals surface area contributed by atoms with E-state index in [2.05, 4.69) is 33.3 Å². The van der Waals surface area contributed by atoms with E-state index in [-0.39, 0.29) is 23.3 Å². The van der Waals surface area contributed by atoms with Crippen LogP contribution in [0.5, 0.6) is 5.88 Å². The van der Waals surface area contributed by atoms with Crippen molar-refractivity contribution in [3.8, 4) is 17.1 Å². The SMILES string of the molecule is CCC(=O)CCCCC[C@H](NC(=O)C1CC12CCN(C)CC2)c1ncc(-c2cc3ccccc3nc2OC)[nH]1. The maximum absolute atomic E-state index is 13.4. The van der Waals surface area contributed by atoms with Crippen molar-refractivity contribution in [1.29, 1.82) is 0 Å². The van der Waals surface area contributed by atoms with Gasteiger partial charge in [-0.2, -0.15) is 0 Å². The number of H-pyrrole nitrogens is 1. The van der Waals surface area contributed by atoms with Crippen LogP contribution in [0.3, 0.4) is 0 Å². The number of likely N-dealkylation sites (tertiary alicyclic amines) is 1. The summed E-state index contributed by atoms with van der Waals surface area (Å²) < 4.78 is 5.61. The Morgan fingerprint density at radius 2 is 2.00 bits per heavy atom. The first-order valence-corrected chi connectivity index (χ1v) is 14.4. The molecule has 0 radical (unpaired) electrons. The highest BCUT2D eigenvalue weighted by Gasteiger charge is 2.58. The Bertz CT molecular complexity index is 1310. The van der Waals surface area contributed by atoms with Crippen LogP contribution in [0.4, 0.5) is 0 Å². The van der Waals surface area contributed by atoms with Crippen LogP contribution in [0.2, 0.25) is 0 Å². The maximum Gasteiger partial charge on any atom is 0.224 e. The number of imidazole rings is 1. The molecule has 208 valence electrons. The van der Waals surface area contributed by atoms with Gasteiger partial charge in [0.1, 0.15) is 11.6 Å². The van der Waals surface area contributed by atoms with Gasteiger partial charge in [0.25, 0.3) is 0 Å². The Morgan fingerprint density at radius 1 is 1.21 bits per heavy atom. The van der Waals surface area contributed by atoms with Crippen LogP contribution in [0.1, 0.15) is 76.6 Å². The fraction of sp³-hybridized carbons (Fsp3) is 0.548. The number of nitrogens with zero attached hydrogens (tertiary/aromatic N) is 3. The number of carbonyl (C=O) groups excluding carboxylic acids is 2. The van der Waals surface area contributed by atoms with Crippen molar-refractivity contribution in [2.24, 2.45) is 11.3 Å². The maximum atomic E-state index is 13.4. The van der Waals surface area contributed by atoms with Gasteiger partial charge >= 0.3 is 0 Å².